The van der Waals surface area contributed by atoms with E-state index in [1.165, 1.54) is 0 Å². The molecule has 2 aliphatic heterocycles. The molecular formula is C34H43F3N6O3. The minimum atomic E-state index is -1.99. The summed E-state index contributed by atoms with van der Waals surface area (Å²) >= 11 is 0. The summed E-state index contributed by atoms with van der Waals surface area (Å²) in [6.45, 7) is 6.81. The topological polar surface area (TPSA) is 99.7 Å². The van der Waals surface area contributed by atoms with Gasteiger partial charge in [-0.1, -0.05) is 6.92 Å². The number of nitrogens with one attached hydrogen (secondary N) is 2. The van der Waals surface area contributed by atoms with Crippen LogP contribution in [0.25, 0.3) is 11.3 Å². The monoisotopic (exact) mass is 640 g/mol. The second-order valence-electron chi connectivity index (χ2n) is 14.3. The molecule has 0 spiro atoms. The van der Waals surface area contributed by atoms with Gasteiger partial charge in [0.1, 0.15) is 17.0 Å². The first-order valence-electron chi connectivity index (χ1n) is 16.7. The van der Waals surface area contributed by atoms with Gasteiger partial charge in [-0.25, -0.2) is 23.1 Å². The summed E-state index contributed by atoms with van der Waals surface area (Å²) in [6, 6.07) is 7.19. The van der Waals surface area contributed by atoms with Crippen molar-refractivity contribution in [3.05, 3.63) is 36.2 Å². The fraction of sp³-hybridized carbons (Fsp3) is 0.647. The minimum Gasteiger partial charge on any atom is -0.477 e. The molecule has 2 amide bonds. The molecule has 8 rings (SSSR count). The Morgan fingerprint density at radius 2 is 1.74 bits per heavy atom. The largest absolute Gasteiger partial charge is 0.477 e. The van der Waals surface area contributed by atoms with Gasteiger partial charge in [0, 0.05) is 63.7 Å². The van der Waals surface area contributed by atoms with Gasteiger partial charge in [-0.2, -0.15) is 0 Å². The van der Waals surface area contributed by atoms with Crippen LogP contribution in [0.1, 0.15) is 75.7 Å². The highest BCUT2D eigenvalue weighted by molar-refractivity contribution is 5.99. The minimum absolute atomic E-state index is 0.0173. The zero-order chi connectivity index (χ0) is 32.3. The second-order valence-corrected chi connectivity index (χ2v) is 14.3. The number of pyridine rings is 2. The van der Waals surface area contributed by atoms with E-state index in [9.17, 15) is 9.59 Å². The molecule has 6 aliphatic rings. The Morgan fingerprint density at radius 1 is 1.02 bits per heavy atom. The van der Waals surface area contributed by atoms with Crippen LogP contribution in [0, 0.1) is 5.41 Å². The van der Waals surface area contributed by atoms with E-state index >= 15 is 13.2 Å². The van der Waals surface area contributed by atoms with E-state index < -0.39 is 22.4 Å². The van der Waals surface area contributed by atoms with Crippen molar-refractivity contribution in [1.29, 1.82) is 0 Å². The van der Waals surface area contributed by atoms with Gasteiger partial charge in [0.05, 0.1) is 29.0 Å². The molecule has 2 aromatic rings. The number of hydrogen-bond acceptors (Lipinski definition) is 7. The Labute approximate surface area is 267 Å². The SMILES string of the molecule is CCOc1ncccc1-c1ccc(N2CCN(C(=O)C34CC5(F)CC(F)(CC(F)(C5)C3)C4)C[C@H]2CC)c(C(=O)N[C@@H]2CCNC2)n1. The molecule has 0 radical (unpaired) electrons. The molecule has 0 aromatic carbocycles. The summed E-state index contributed by atoms with van der Waals surface area (Å²) in [5.74, 6) is -0.194. The van der Waals surface area contributed by atoms with Crippen LogP contribution < -0.4 is 20.3 Å². The maximum Gasteiger partial charge on any atom is 0.272 e. The smallest absolute Gasteiger partial charge is 0.272 e. The van der Waals surface area contributed by atoms with Crippen molar-refractivity contribution in [1.82, 2.24) is 25.5 Å². The molecule has 248 valence electrons. The molecule has 2 atom stereocenters. The molecule has 4 saturated carbocycles. The molecule has 2 aromatic heterocycles. The van der Waals surface area contributed by atoms with Gasteiger partial charge < -0.3 is 25.2 Å². The number of amides is 2. The number of carbonyl (C=O) groups is 2. The standard InChI is InChI=1S/C34H43F3N6O3/c1-3-23-15-42(30(45)31-16-32(35)19-33(36,17-31)21-34(37,18-31)20-32)12-13-43(23)26-8-7-25(24-6-5-10-39-29(24)46-4-2)41-27(26)28(44)40-22-9-11-38-14-22/h5-8,10,22-23,38H,3-4,9,11-21H2,1-2H3,(H,40,44)/t22-,23-,31?,32?,33?,34?/m1/s1. The molecule has 4 bridgehead atoms. The maximum absolute atomic E-state index is 15.7. The highest BCUT2D eigenvalue weighted by Crippen LogP contribution is 2.68. The summed E-state index contributed by atoms with van der Waals surface area (Å²) in [5, 5.41) is 6.40. The molecule has 9 nitrogen and oxygen atoms in total. The lowest BCUT2D eigenvalue weighted by molar-refractivity contribution is -0.221. The predicted octanol–water partition coefficient (Wildman–Crippen LogP) is 4.55. The van der Waals surface area contributed by atoms with Crippen LogP contribution in [0.5, 0.6) is 5.88 Å². The van der Waals surface area contributed by atoms with E-state index in [0.29, 0.717) is 62.0 Å². The van der Waals surface area contributed by atoms with Gasteiger partial charge in [0.2, 0.25) is 11.8 Å². The van der Waals surface area contributed by atoms with Crippen LogP contribution in [-0.2, 0) is 4.79 Å². The van der Waals surface area contributed by atoms with Crippen molar-refractivity contribution in [2.75, 3.05) is 44.2 Å². The third-order valence-electron chi connectivity index (χ3n) is 10.7. The quantitative estimate of drug-likeness (QED) is 0.437. The fourth-order valence-electron chi connectivity index (χ4n) is 9.41. The first-order valence-corrected chi connectivity index (χ1v) is 16.7. The summed E-state index contributed by atoms with van der Waals surface area (Å²) < 4.78 is 53.0. The number of piperazine rings is 1. The number of rotatable bonds is 8. The average Bonchev–Trinajstić information content (AvgIpc) is 3.51. The first kappa shape index (κ1) is 31.2. The molecule has 12 heteroatoms. The third kappa shape index (κ3) is 5.50. The summed E-state index contributed by atoms with van der Waals surface area (Å²) in [7, 11) is 0. The number of anilines is 1. The highest BCUT2D eigenvalue weighted by atomic mass is 19.2. The molecule has 6 fully saturated rings. The molecule has 2 N–H and O–H groups in total. The van der Waals surface area contributed by atoms with Crippen LogP contribution >= 0.6 is 0 Å². The Balaban J connectivity index is 1.17. The number of aromatic nitrogens is 2. The average molecular weight is 641 g/mol. The van der Waals surface area contributed by atoms with Crippen LogP contribution in [0.15, 0.2) is 30.5 Å². The van der Waals surface area contributed by atoms with E-state index in [0.717, 1.165) is 13.0 Å². The normalized spacial score (nSPS) is 35.0. The number of ether oxygens (including phenoxy) is 1. The number of alkyl halides is 3. The van der Waals surface area contributed by atoms with Gasteiger partial charge in [0.25, 0.3) is 5.91 Å². The zero-order valence-corrected chi connectivity index (χ0v) is 26.6. The lowest BCUT2D eigenvalue weighted by atomic mass is 9.46. The van der Waals surface area contributed by atoms with Crippen LogP contribution in [-0.4, -0.2) is 95.1 Å². The van der Waals surface area contributed by atoms with E-state index in [1.807, 2.05) is 32.0 Å². The maximum atomic E-state index is 15.7. The van der Waals surface area contributed by atoms with E-state index in [-0.39, 0.29) is 68.1 Å². The molecule has 4 aliphatic carbocycles. The molecule has 46 heavy (non-hydrogen) atoms. The lowest BCUT2D eigenvalue weighted by Gasteiger charge is -2.63. The molecule has 2 saturated heterocycles. The Kier molecular flexibility index (Phi) is 7.72. The zero-order valence-electron chi connectivity index (χ0n) is 26.6. The molecule has 4 heterocycles. The number of nitrogens with zero attached hydrogens (tertiary/aromatic N) is 4. The van der Waals surface area contributed by atoms with Crippen molar-refractivity contribution >= 4 is 17.5 Å². The first-order chi connectivity index (χ1) is 22.0. The summed E-state index contributed by atoms with van der Waals surface area (Å²) in [6.07, 6.45) is 1.82. The van der Waals surface area contributed by atoms with Crippen LogP contribution in [0.2, 0.25) is 0 Å². The van der Waals surface area contributed by atoms with Crippen LogP contribution in [0.3, 0.4) is 0 Å². The van der Waals surface area contributed by atoms with Gasteiger partial charge in [-0.3, -0.25) is 9.59 Å². The molecular weight excluding hydrogens is 597 g/mol. The van der Waals surface area contributed by atoms with Crippen molar-refractivity contribution in [2.45, 2.75) is 94.3 Å². The highest BCUT2D eigenvalue weighted by Gasteiger charge is 2.72. The van der Waals surface area contributed by atoms with E-state index in [1.54, 1.807) is 17.2 Å². The summed E-state index contributed by atoms with van der Waals surface area (Å²) in [4.78, 5) is 41.0. The predicted molar refractivity (Wildman–Crippen MR) is 167 cm³/mol. The number of halogens is 3. The number of hydrogen-bond donors (Lipinski definition) is 2. The number of carbonyl (C=O) groups excluding carboxylic acids is 2. The molecule has 0 unspecified atom stereocenters. The van der Waals surface area contributed by atoms with Crippen molar-refractivity contribution < 1.29 is 27.5 Å². The van der Waals surface area contributed by atoms with Crippen LogP contribution in [0.4, 0.5) is 18.9 Å². The van der Waals surface area contributed by atoms with E-state index in [2.05, 4.69) is 20.5 Å². The van der Waals surface area contributed by atoms with Gasteiger partial charge in [-0.05, 0) is 69.8 Å². The lowest BCUT2D eigenvalue weighted by Crippen LogP contribution is -2.69. The van der Waals surface area contributed by atoms with E-state index in [4.69, 9.17) is 9.72 Å². The second kappa shape index (κ2) is 11.4. The summed E-state index contributed by atoms with van der Waals surface area (Å²) in [5.41, 5.74) is -5.17. The Hall–Kier alpha value is -3.41. The van der Waals surface area contributed by atoms with Crippen molar-refractivity contribution in [3.8, 4) is 17.1 Å². The van der Waals surface area contributed by atoms with Gasteiger partial charge >= 0.3 is 0 Å². The Bertz CT molecular complexity index is 1470. The fourth-order valence-corrected chi connectivity index (χ4v) is 9.41. The van der Waals surface area contributed by atoms with Crippen molar-refractivity contribution in [2.24, 2.45) is 5.41 Å². The van der Waals surface area contributed by atoms with Gasteiger partial charge in [-0.15, -0.1) is 0 Å². The third-order valence-corrected chi connectivity index (χ3v) is 10.7. The van der Waals surface area contributed by atoms with Crippen molar-refractivity contribution in [3.63, 3.8) is 0 Å². The van der Waals surface area contributed by atoms with Gasteiger partial charge in [0.15, 0.2) is 5.69 Å². The Morgan fingerprint density at radius 3 is 2.37 bits per heavy atom.